The lowest BCUT2D eigenvalue weighted by Gasteiger charge is -2.26. The Morgan fingerprint density at radius 1 is 1.15 bits per heavy atom. The normalized spacial score (nSPS) is 17.5. The van der Waals surface area contributed by atoms with E-state index in [1.807, 2.05) is 30.3 Å². The Bertz CT molecular complexity index is 994. The van der Waals surface area contributed by atoms with Crippen molar-refractivity contribution in [3.63, 3.8) is 0 Å². The van der Waals surface area contributed by atoms with Gasteiger partial charge in [0.1, 0.15) is 11.5 Å². The highest BCUT2D eigenvalue weighted by atomic mass is 16.5. The molecule has 1 atom stereocenters. The van der Waals surface area contributed by atoms with Crippen LogP contribution in [0.15, 0.2) is 47.4 Å². The zero-order valence-electron chi connectivity index (χ0n) is 15.7. The SMILES string of the molecule is COc1ccc([C@H]2CCCN2CCn2nc3ccccn3c2=O)c(OC)c1. The minimum atomic E-state index is -0.0941. The molecule has 7 heteroatoms. The van der Waals surface area contributed by atoms with E-state index in [2.05, 4.69) is 16.1 Å². The van der Waals surface area contributed by atoms with Gasteiger partial charge in [0.25, 0.3) is 0 Å². The van der Waals surface area contributed by atoms with Crippen LogP contribution in [0.2, 0.25) is 0 Å². The molecule has 1 fully saturated rings. The number of likely N-dealkylation sites (tertiary alicyclic amines) is 1. The molecule has 1 aliphatic heterocycles. The van der Waals surface area contributed by atoms with Gasteiger partial charge in [0, 0.05) is 30.4 Å². The molecule has 7 nitrogen and oxygen atoms in total. The number of hydrogen-bond acceptors (Lipinski definition) is 5. The molecule has 3 heterocycles. The van der Waals surface area contributed by atoms with Gasteiger partial charge < -0.3 is 9.47 Å². The topological polar surface area (TPSA) is 61.0 Å². The van der Waals surface area contributed by atoms with E-state index in [9.17, 15) is 4.79 Å². The molecular weight excluding hydrogens is 344 g/mol. The molecule has 2 aromatic heterocycles. The zero-order valence-corrected chi connectivity index (χ0v) is 15.7. The van der Waals surface area contributed by atoms with Gasteiger partial charge in [0.05, 0.1) is 20.8 Å². The summed E-state index contributed by atoms with van der Waals surface area (Å²) in [7, 11) is 3.34. The number of ether oxygens (including phenoxy) is 2. The van der Waals surface area contributed by atoms with E-state index in [0.29, 0.717) is 12.2 Å². The summed E-state index contributed by atoms with van der Waals surface area (Å²) in [4.78, 5) is 14.9. The molecule has 4 rings (SSSR count). The van der Waals surface area contributed by atoms with Crippen molar-refractivity contribution in [3.8, 4) is 11.5 Å². The maximum absolute atomic E-state index is 12.5. The Labute approximate surface area is 157 Å². The minimum Gasteiger partial charge on any atom is -0.497 e. The van der Waals surface area contributed by atoms with Crippen LogP contribution in [0.25, 0.3) is 5.65 Å². The summed E-state index contributed by atoms with van der Waals surface area (Å²) in [6, 6.07) is 11.8. The fourth-order valence-corrected chi connectivity index (χ4v) is 3.88. The van der Waals surface area contributed by atoms with Crippen molar-refractivity contribution in [2.45, 2.75) is 25.4 Å². The third-order valence-corrected chi connectivity index (χ3v) is 5.25. The second kappa shape index (κ2) is 7.44. The molecule has 1 saturated heterocycles. The highest BCUT2D eigenvalue weighted by Crippen LogP contribution is 2.38. The number of pyridine rings is 1. The number of benzene rings is 1. The van der Waals surface area contributed by atoms with Gasteiger partial charge in [0.2, 0.25) is 0 Å². The maximum atomic E-state index is 12.5. The van der Waals surface area contributed by atoms with Crippen molar-refractivity contribution in [1.82, 2.24) is 19.1 Å². The Kier molecular flexibility index (Phi) is 4.85. The van der Waals surface area contributed by atoms with E-state index in [1.165, 1.54) is 0 Å². The molecule has 0 saturated carbocycles. The van der Waals surface area contributed by atoms with Gasteiger partial charge in [-0.25, -0.2) is 9.48 Å². The second-order valence-electron chi connectivity index (χ2n) is 6.74. The van der Waals surface area contributed by atoms with E-state index in [1.54, 1.807) is 29.5 Å². The summed E-state index contributed by atoms with van der Waals surface area (Å²) in [6.07, 6.45) is 3.95. The Morgan fingerprint density at radius 3 is 2.81 bits per heavy atom. The molecule has 0 N–H and O–H groups in total. The Hall–Kier alpha value is -2.80. The van der Waals surface area contributed by atoms with Crippen molar-refractivity contribution < 1.29 is 9.47 Å². The van der Waals surface area contributed by atoms with E-state index >= 15 is 0 Å². The summed E-state index contributed by atoms with van der Waals surface area (Å²) < 4.78 is 14.0. The Morgan fingerprint density at radius 2 is 2.04 bits per heavy atom. The minimum absolute atomic E-state index is 0.0941. The summed E-state index contributed by atoms with van der Waals surface area (Å²) in [5, 5.41) is 4.43. The van der Waals surface area contributed by atoms with Gasteiger partial charge in [-0.3, -0.25) is 9.30 Å². The van der Waals surface area contributed by atoms with E-state index in [4.69, 9.17) is 9.47 Å². The molecule has 0 bridgehead atoms. The maximum Gasteiger partial charge on any atom is 0.350 e. The van der Waals surface area contributed by atoms with Gasteiger partial charge in [0.15, 0.2) is 5.65 Å². The van der Waals surface area contributed by atoms with Crippen LogP contribution in [0.5, 0.6) is 11.5 Å². The van der Waals surface area contributed by atoms with Crippen LogP contribution in [0.3, 0.4) is 0 Å². The molecule has 0 amide bonds. The lowest BCUT2D eigenvalue weighted by atomic mass is 10.0. The predicted molar refractivity (Wildman–Crippen MR) is 103 cm³/mol. The van der Waals surface area contributed by atoms with Gasteiger partial charge in [-0.15, -0.1) is 5.10 Å². The molecule has 27 heavy (non-hydrogen) atoms. The highest BCUT2D eigenvalue weighted by Gasteiger charge is 2.28. The molecule has 0 radical (unpaired) electrons. The standard InChI is InChI=1S/C20H24N4O3/c1-26-15-8-9-16(18(14-15)27-2)17-6-5-10-22(17)12-13-24-20(25)23-11-4-3-7-19(23)21-24/h3-4,7-9,11,14,17H,5-6,10,12-13H2,1-2H3/t17-/m1/s1. The van der Waals surface area contributed by atoms with Crippen LogP contribution in [0.1, 0.15) is 24.4 Å². The molecule has 1 aromatic carbocycles. The average Bonchev–Trinajstić information content (AvgIpc) is 3.30. The summed E-state index contributed by atoms with van der Waals surface area (Å²) in [6.45, 7) is 2.33. The first kappa shape index (κ1) is 17.6. The molecular formula is C20H24N4O3. The number of hydrogen-bond donors (Lipinski definition) is 0. The molecule has 0 unspecified atom stereocenters. The summed E-state index contributed by atoms with van der Waals surface area (Å²) in [5.41, 5.74) is 1.75. The molecule has 0 aliphatic carbocycles. The third kappa shape index (κ3) is 3.30. The molecule has 3 aromatic rings. The van der Waals surface area contributed by atoms with Crippen molar-refractivity contribution in [2.75, 3.05) is 27.3 Å². The van der Waals surface area contributed by atoms with Crippen molar-refractivity contribution in [1.29, 1.82) is 0 Å². The first-order chi connectivity index (χ1) is 13.2. The highest BCUT2D eigenvalue weighted by molar-refractivity contribution is 5.43. The largest absolute Gasteiger partial charge is 0.497 e. The third-order valence-electron chi connectivity index (χ3n) is 5.25. The fourth-order valence-electron chi connectivity index (χ4n) is 3.88. The van der Waals surface area contributed by atoms with Crippen LogP contribution in [-0.2, 0) is 6.54 Å². The fraction of sp³-hybridized carbons (Fsp3) is 0.400. The monoisotopic (exact) mass is 368 g/mol. The van der Waals surface area contributed by atoms with Gasteiger partial charge in [-0.1, -0.05) is 12.1 Å². The number of methoxy groups -OCH3 is 2. The molecule has 0 spiro atoms. The molecule has 142 valence electrons. The smallest absolute Gasteiger partial charge is 0.350 e. The van der Waals surface area contributed by atoms with Crippen molar-refractivity contribution in [3.05, 3.63) is 58.6 Å². The van der Waals surface area contributed by atoms with Gasteiger partial charge in [-0.2, -0.15) is 0 Å². The summed E-state index contributed by atoms with van der Waals surface area (Å²) in [5.74, 6) is 1.63. The number of fused-ring (bicyclic) bond motifs is 1. The first-order valence-electron chi connectivity index (χ1n) is 9.21. The number of nitrogens with zero attached hydrogens (tertiary/aromatic N) is 4. The van der Waals surface area contributed by atoms with Crippen molar-refractivity contribution in [2.24, 2.45) is 0 Å². The van der Waals surface area contributed by atoms with Gasteiger partial charge >= 0.3 is 5.69 Å². The number of aromatic nitrogens is 3. The van der Waals surface area contributed by atoms with Crippen LogP contribution in [0, 0.1) is 0 Å². The van der Waals surface area contributed by atoms with E-state index in [0.717, 1.165) is 43.0 Å². The quantitative estimate of drug-likeness (QED) is 0.668. The average molecular weight is 368 g/mol. The predicted octanol–water partition coefficient (Wildman–Crippen LogP) is 2.35. The lowest BCUT2D eigenvalue weighted by molar-refractivity contribution is 0.236. The second-order valence-corrected chi connectivity index (χ2v) is 6.74. The van der Waals surface area contributed by atoms with Crippen LogP contribution >= 0.6 is 0 Å². The number of rotatable bonds is 6. The van der Waals surface area contributed by atoms with E-state index < -0.39 is 0 Å². The van der Waals surface area contributed by atoms with Crippen LogP contribution in [-0.4, -0.2) is 46.4 Å². The summed E-state index contributed by atoms with van der Waals surface area (Å²) >= 11 is 0. The van der Waals surface area contributed by atoms with Crippen LogP contribution < -0.4 is 15.2 Å². The molecule has 1 aliphatic rings. The lowest BCUT2D eigenvalue weighted by Crippen LogP contribution is -2.31. The van der Waals surface area contributed by atoms with E-state index in [-0.39, 0.29) is 11.7 Å². The van der Waals surface area contributed by atoms with Gasteiger partial charge in [-0.05, 0) is 37.6 Å². The van der Waals surface area contributed by atoms with Crippen molar-refractivity contribution >= 4 is 5.65 Å². The Balaban J connectivity index is 1.53. The zero-order chi connectivity index (χ0) is 18.8. The first-order valence-corrected chi connectivity index (χ1v) is 9.21. The van der Waals surface area contributed by atoms with Crippen LogP contribution in [0.4, 0.5) is 0 Å².